The lowest BCUT2D eigenvalue weighted by molar-refractivity contribution is 0.178. The number of hydrogen-bond acceptors (Lipinski definition) is 4. The predicted molar refractivity (Wildman–Crippen MR) is 52.4 cm³/mol. The fourth-order valence-corrected chi connectivity index (χ4v) is 2.05. The Labute approximate surface area is 84.5 Å². The van der Waals surface area contributed by atoms with Crippen molar-refractivity contribution >= 4 is 0 Å². The maximum absolute atomic E-state index is 8.67. The van der Waals surface area contributed by atoms with Gasteiger partial charge in [0.15, 0.2) is 0 Å². The Morgan fingerprint density at radius 1 is 1.29 bits per heavy atom. The van der Waals surface area contributed by atoms with Crippen LogP contribution in [0.3, 0.4) is 0 Å². The van der Waals surface area contributed by atoms with E-state index in [1.165, 1.54) is 0 Å². The van der Waals surface area contributed by atoms with E-state index in [0.29, 0.717) is 6.42 Å². The number of rotatable bonds is 2. The van der Waals surface area contributed by atoms with Crippen LogP contribution in [0.1, 0.15) is 32.1 Å². The van der Waals surface area contributed by atoms with Gasteiger partial charge in [-0.25, -0.2) is 0 Å². The Balaban J connectivity index is 2.59. The minimum absolute atomic E-state index is 0.112. The summed E-state index contributed by atoms with van der Waals surface area (Å²) in [4.78, 5) is 0. The van der Waals surface area contributed by atoms with Gasteiger partial charge in [0, 0.05) is 0 Å². The number of nitrogens with zero attached hydrogens (tertiary/aromatic N) is 2. The Morgan fingerprint density at radius 3 is 2.43 bits per heavy atom. The molecule has 0 aromatic rings. The maximum atomic E-state index is 8.67. The van der Waals surface area contributed by atoms with E-state index >= 15 is 0 Å². The van der Waals surface area contributed by atoms with Crippen molar-refractivity contribution < 1.29 is 0 Å². The molecular formula is C10H16N4. The van der Waals surface area contributed by atoms with Crippen LogP contribution >= 0.6 is 0 Å². The van der Waals surface area contributed by atoms with Gasteiger partial charge in [-0.05, 0) is 25.2 Å². The zero-order valence-electron chi connectivity index (χ0n) is 8.24. The zero-order valence-corrected chi connectivity index (χ0v) is 8.24. The third-order valence-corrected chi connectivity index (χ3v) is 3.00. The first-order valence-electron chi connectivity index (χ1n) is 4.97. The maximum Gasteiger partial charge on any atom is 0.133 e. The van der Waals surface area contributed by atoms with Gasteiger partial charge in [0.2, 0.25) is 0 Å². The lowest BCUT2D eigenvalue weighted by atomic mass is 9.76. The van der Waals surface area contributed by atoms with Gasteiger partial charge in [-0.2, -0.15) is 10.5 Å². The first-order valence-corrected chi connectivity index (χ1v) is 4.97. The molecule has 14 heavy (non-hydrogen) atoms. The second-order valence-corrected chi connectivity index (χ2v) is 4.10. The van der Waals surface area contributed by atoms with Gasteiger partial charge < -0.3 is 11.5 Å². The molecule has 4 nitrogen and oxygen atoms in total. The molecule has 1 fully saturated rings. The molecule has 0 heterocycles. The highest BCUT2D eigenvalue weighted by Crippen LogP contribution is 2.32. The Hall–Kier alpha value is -1.10. The smallest absolute Gasteiger partial charge is 0.133 e. The Kier molecular flexibility index (Phi) is 3.46. The highest BCUT2D eigenvalue weighted by Gasteiger charge is 2.34. The molecule has 4 N–H and O–H groups in total. The molecule has 1 unspecified atom stereocenters. The summed E-state index contributed by atoms with van der Waals surface area (Å²) in [5.74, 6) is -0.454. The molecule has 0 bridgehead atoms. The molecule has 1 aliphatic carbocycles. The highest BCUT2D eigenvalue weighted by molar-refractivity contribution is 5.02. The standard InChI is InChI=1S/C10H16N4/c11-6-8(7-12)5-9-3-1-2-4-10(9,13)14/h8-9H,1-5,13-14H2. The second kappa shape index (κ2) is 4.41. The molecule has 1 aliphatic rings. The molecule has 76 valence electrons. The molecule has 1 rings (SSSR count). The van der Waals surface area contributed by atoms with Crippen LogP contribution in [0.5, 0.6) is 0 Å². The molecule has 0 aliphatic heterocycles. The van der Waals surface area contributed by atoms with Gasteiger partial charge in [-0.15, -0.1) is 0 Å². The summed E-state index contributed by atoms with van der Waals surface area (Å²) in [6, 6.07) is 3.93. The van der Waals surface area contributed by atoms with E-state index in [1.807, 2.05) is 12.1 Å². The van der Waals surface area contributed by atoms with Crippen molar-refractivity contribution in [3.63, 3.8) is 0 Å². The molecule has 0 radical (unpaired) electrons. The van der Waals surface area contributed by atoms with Crippen molar-refractivity contribution in [2.75, 3.05) is 0 Å². The minimum atomic E-state index is -0.676. The van der Waals surface area contributed by atoms with Crippen molar-refractivity contribution in [1.29, 1.82) is 10.5 Å². The summed E-state index contributed by atoms with van der Waals surface area (Å²) < 4.78 is 0. The van der Waals surface area contributed by atoms with Gasteiger partial charge in [0.05, 0.1) is 17.8 Å². The SMILES string of the molecule is N#CC(C#N)CC1CCCCC1(N)N. The summed E-state index contributed by atoms with van der Waals surface area (Å²) in [5, 5.41) is 17.3. The number of hydrogen-bond donors (Lipinski definition) is 2. The van der Waals surface area contributed by atoms with Crippen LogP contribution in [0.2, 0.25) is 0 Å². The topological polar surface area (TPSA) is 99.6 Å². The van der Waals surface area contributed by atoms with E-state index in [-0.39, 0.29) is 5.92 Å². The Bertz CT molecular complexity index is 257. The number of nitriles is 2. The molecular weight excluding hydrogens is 176 g/mol. The van der Waals surface area contributed by atoms with Crippen LogP contribution < -0.4 is 11.5 Å². The number of nitrogens with two attached hydrogens (primary N) is 2. The molecule has 1 atom stereocenters. The van der Waals surface area contributed by atoms with Crippen LogP contribution in [-0.4, -0.2) is 5.66 Å². The molecule has 0 amide bonds. The first kappa shape index (κ1) is 11.0. The van der Waals surface area contributed by atoms with Crippen LogP contribution in [0.25, 0.3) is 0 Å². The molecule has 0 aromatic carbocycles. The van der Waals surface area contributed by atoms with Gasteiger partial charge >= 0.3 is 0 Å². The van der Waals surface area contributed by atoms with E-state index in [4.69, 9.17) is 22.0 Å². The summed E-state index contributed by atoms with van der Waals surface area (Å²) in [5.41, 5.74) is 11.2. The van der Waals surface area contributed by atoms with Crippen molar-refractivity contribution in [3.8, 4) is 12.1 Å². The third kappa shape index (κ3) is 2.45. The first-order chi connectivity index (χ1) is 6.60. The summed E-state index contributed by atoms with van der Waals surface area (Å²) in [7, 11) is 0. The summed E-state index contributed by atoms with van der Waals surface area (Å²) >= 11 is 0. The van der Waals surface area contributed by atoms with Crippen LogP contribution in [0.15, 0.2) is 0 Å². The van der Waals surface area contributed by atoms with Crippen LogP contribution in [0.4, 0.5) is 0 Å². The van der Waals surface area contributed by atoms with Crippen molar-refractivity contribution in [1.82, 2.24) is 0 Å². The van der Waals surface area contributed by atoms with Gasteiger partial charge in [0.25, 0.3) is 0 Å². The zero-order chi connectivity index (χ0) is 10.6. The van der Waals surface area contributed by atoms with E-state index in [0.717, 1.165) is 25.7 Å². The van der Waals surface area contributed by atoms with Crippen molar-refractivity contribution in [2.45, 2.75) is 37.8 Å². The average Bonchev–Trinajstić information content (AvgIpc) is 2.16. The van der Waals surface area contributed by atoms with E-state index in [2.05, 4.69) is 0 Å². The van der Waals surface area contributed by atoms with E-state index in [9.17, 15) is 0 Å². The van der Waals surface area contributed by atoms with Crippen LogP contribution in [0, 0.1) is 34.5 Å². The Morgan fingerprint density at radius 2 is 1.93 bits per heavy atom. The monoisotopic (exact) mass is 192 g/mol. The minimum Gasteiger partial charge on any atom is -0.313 e. The fraction of sp³-hybridized carbons (Fsp3) is 0.800. The molecule has 1 saturated carbocycles. The second-order valence-electron chi connectivity index (χ2n) is 4.10. The summed E-state index contributed by atoms with van der Waals surface area (Å²) in [6.07, 6.45) is 4.39. The molecule has 0 spiro atoms. The van der Waals surface area contributed by atoms with Crippen molar-refractivity contribution in [3.05, 3.63) is 0 Å². The third-order valence-electron chi connectivity index (χ3n) is 3.00. The highest BCUT2D eigenvalue weighted by atomic mass is 15.0. The van der Waals surface area contributed by atoms with E-state index in [1.54, 1.807) is 0 Å². The molecule has 4 heteroatoms. The van der Waals surface area contributed by atoms with Crippen molar-refractivity contribution in [2.24, 2.45) is 23.3 Å². The molecule has 0 saturated heterocycles. The van der Waals surface area contributed by atoms with E-state index < -0.39 is 11.6 Å². The molecule has 0 aromatic heterocycles. The summed E-state index contributed by atoms with van der Waals surface area (Å²) in [6.45, 7) is 0. The fourth-order valence-electron chi connectivity index (χ4n) is 2.05. The van der Waals surface area contributed by atoms with Gasteiger partial charge in [-0.3, -0.25) is 0 Å². The predicted octanol–water partition coefficient (Wildman–Crippen LogP) is 0.844. The van der Waals surface area contributed by atoms with Gasteiger partial charge in [-0.1, -0.05) is 12.8 Å². The van der Waals surface area contributed by atoms with Crippen LogP contribution in [-0.2, 0) is 0 Å². The normalized spacial score (nSPS) is 25.4. The largest absolute Gasteiger partial charge is 0.313 e. The van der Waals surface area contributed by atoms with Gasteiger partial charge in [0.1, 0.15) is 5.92 Å². The lowest BCUT2D eigenvalue weighted by Gasteiger charge is -2.38. The average molecular weight is 192 g/mol. The quantitative estimate of drug-likeness (QED) is 0.633. The lowest BCUT2D eigenvalue weighted by Crippen LogP contribution is -2.57.